The van der Waals surface area contributed by atoms with Crippen molar-refractivity contribution in [1.82, 2.24) is 9.78 Å². The van der Waals surface area contributed by atoms with Crippen LogP contribution in [0, 0.1) is 18.6 Å². The molecule has 0 fully saturated rings. The molecule has 0 saturated carbocycles. The van der Waals surface area contributed by atoms with Gasteiger partial charge in [0, 0.05) is 22.6 Å². The molecular weight excluding hydrogens is 458 g/mol. The van der Waals surface area contributed by atoms with Gasteiger partial charge in [-0.05, 0) is 30.7 Å². The minimum absolute atomic E-state index is 0.0131. The number of hydrogen-bond donors (Lipinski definition) is 1. The zero-order valence-corrected chi connectivity index (χ0v) is 20.2. The Bertz CT molecular complexity index is 1280. The molecule has 0 spiro atoms. The fraction of sp³-hybridized carbons (Fsp3) is 0.320. The van der Waals surface area contributed by atoms with Crippen LogP contribution < -0.4 is 10.6 Å². The number of fused-ring (bicyclic) bond motifs is 1. The lowest BCUT2D eigenvalue weighted by Gasteiger charge is -2.24. The van der Waals surface area contributed by atoms with Crippen molar-refractivity contribution in [3.8, 4) is 5.69 Å². The summed E-state index contributed by atoms with van der Waals surface area (Å²) in [7, 11) is 0. The van der Waals surface area contributed by atoms with Gasteiger partial charge in [0.1, 0.15) is 24.0 Å². The predicted molar refractivity (Wildman–Crippen MR) is 129 cm³/mol. The van der Waals surface area contributed by atoms with E-state index in [0.717, 1.165) is 11.6 Å². The number of amides is 2. The van der Waals surface area contributed by atoms with Crippen molar-refractivity contribution in [1.29, 1.82) is 0 Å². The van der Waals surface area contributed by atoms with Gasteiger partial charge in [-0.15, -0.1) is 11.8 Å². The maximum atomic E-state index is 15.0. The predicted octanol–water partition coefficient (Wildman–Crippen LogP) is 4.41. The minimum atomic E-state index is -0.706. The highest BCUT2D eigenvalue weighted by Gasteiger charge is 2.40. The summed E-state index contributed by atoms with van der Waals surface area (Å²) in [4.78, 5) is 26.5. The SMILES string of the molecule is Cc1cccc(-n2nc(C(C)(C)C)c3c2N(CC(N)=O)C(=O)CS[C@@H]3c2ccc(F)cc2F)c1. The number of carbonyl (C=O) groups is 2. The fourth-order valence-electron chi connectivity index (χ4n) is 4.13. The number of nitrogens with zero attached hydrogens (tertiary/aromatic N) is 3. The minimum Gasteiger partial charge on any atom is -0.368 e. The highest BCUT2D eigenvalue weighted by molar-refractivity contribution is 8.00. The number of aromatic nitrogens is 2. The van der Waals surface area contributed by atoms with Crippen LogP contribution in [0.1, 0.15) is 48.4 Å². The van der Waals surface area contributed by atoms with Crippen molar-refractivity contribution in [2.45, 2.75) is 38.4 Å². The van der Waals surface area contributed by atoms with Gasteiger partial charge in [0.05, 0.1) is 22.4 Å². The number of rotatable bonds is 4. The highest BCUT2D eigenvalue weighted by atomic mass is 32.2. The maximum absolute atomic E-state index is 15.0. The van der Waals surface area contributed by atoms with Crippen LogP contribution in [-0.2, 0) is 15.0 Å². The molecule has 1 aliphatic rings. The normalized spacial score (nSPS) is 16.4. The van der Waals surface area contributed by atoms with Gasteiger partial charge < -0.3 is 5.73 Å². The summed E-state index contributed by atoms with van der Waals surface area (Å²) in [6, 6.07) is 11.0. The van der Waals surface area contributed by atoms with Gasteiger partial charge in [-0.2, -0.15) is 5.10 Å². The lowest BCUT2D eigenvalue weighted by atomic mass is 9.87. The molecule has 1 aliphatic heterocycles. The van der Waals surface area contributed by atoms with E-state index >= 15 is 4.39 Å². The van der Waals surface area contributed by atoms with Gasteiger partial charge in [-0.1, -0.05) is 39.0 Å². The van der Waals surface area contributed by atoms with E-state index in [9.17, 15) is 14.0 Å². The van der Waals surface area contributed by atoms with Crippen LogP contribution >= 0.6 is 11.8 Å². The molecule has 1 aromatic heterocycles. The Morgan fingerprint density at radius 2 is 1.94 bits per heavy atom. The number of anilines is 1. The van der Waals surface area contributed by atoms with Crippen molar-refractivity contribution in [2.24, 2.45) is 5.73 Å². The van der Waals surface area contributed by atoms with Crippen molar-refractivity contribution >= 4 is 29.4 Å². The second-order valence-corrected chi connectivity index (χ2v) is 10.5. The van der Waals surface area contributed by atoms with E-state index in [0.29, 0.717) is 22.8 Å². The van der Waals surface area contributed by atoms with Crippen molar-refractivity contribution < 1.29 is 18.4 Å². The molecule has 34 heavy (non-hydrogen) atoms. The van der Waals surface area contributed by atoms with E-state index in [1.54, 1.807) is 4.68 Å². The van der Waals surface area contributed by atoms with Crippen LogP contribution in [0.2, 0.25) is 0 Å². The molecule has 6 nitrogen and oxygen atoms in total. The monoisotopic (exact) mass is 484 g/mol. The Morgan fingerprint density at radius 1 is 1.21 bits per heavy atom. The third-order valence-corrected chi connectivity index (χ3v) is 6.84. The molecule has 2 amide bonds. The molecule has 1 atom stereocenters. The average Bonchev–Trinajstić information content (AvgIpc) is 3.08. The fourth-order valence-corrected chi connectivity index (χ4v) is 5.35. The van der Waals surface area contributed by atoms with Gasteiger partial charge in [0.25, 0.3) is 0 Å². The Balaban J connectivity index is 2.09. The number of benzene rings is 2. The molecule has 0 radical (unpaired) electrons. The maximum Gasteiger partial charge on any atom is 0.238 e. The molecule has 9 heteroatoms. The number of halogens is 2. The summed E-state index contributed by atoms with van der Waals surface area (Å²) in [6.07, 6.45) is 0. The zero-order valence-electron chi connectivity index (χ0n) is 19.4. The van der Waals surface area contributed by atoms with E-state index in [1.807, 2.05) is 52.0 Å². The first-order valence-electron chi connectivity index (χ1n) is 10.8. The van der Waals surface area contributed by atoms with Gasteiger partial charge in [-0.25, -0.2) is 13.5 Å². The first-order valence-corrected chi connectivity index (χ1v) is 11.9. The summed E-state index contributed by atoms with van der Waals surface area (Å²) < 4.78 is 30.4. The number of thioether (sulfide) groups is 1. The Morgan fingerprint density at radius 3 is 2.56 bits per heavy atom. The van der Waals surface area contributed by atoms with Crippen molar-refractivity contribution in [3.05, 3.63) is 76.5 Å². The zero-order chi connectivity index (χ0) is 24.8. The van der Waals surface area contributed by atoms with E-state index in [2.05, 4.69) is 0 Å². The van der Waals surface area contributed by atoms with E-state index < -0.39 is 28.2 Å². The smallest absolute Gasteiger partial charge is 0.238 e. The van der Waals surface area contributed by atoms with E-state index in [-0.39, 0.29) is 23.8 Å². The number of primary amides is 1. The quantitative estimate of drug-likeness (QED) is 0.595. The summed E-state index contributed by atoms with van der Waals surface area (Å²) in [5.74, 6) is -2.05. The van der Waals surface area contributed by atoms with Gasteiger partial charge in [-0.3, -0.25) is 14.5 Å². The Hall–Kier alpha value is -3.20. The molecule has 0 aliphatic carbocycles. The van der Waals surface area contributed by atoms with Crippen molar-refractivity contribution in [3.63, 3.8) is 0 Å². The van der Waals surface area contributed by atoms with Crippen LogP contribution in [0.5, 0.6) is 0 Å². The van der Waals surface area contributed by atoms with Crippen LogP contribution in [-0.4, -0.2) is 33.9 Å². The van der Waals surface area contributed by atoms with Gasteiger partial charge in [0.2, 0.25) is 11.8 Å². The second kappa shape index (κ2) is 8.87. The molecule has 0 saturated heterocycles. The largest absolute Gasteiger partial charge is 0.368 e. The lowest BCUT2D eigenvalue weighted by molar-refractivity contribution is -0.121. The topological polar surface area (TPSA) is 81.2 Å². The molecule has 178 valence electrons. The third kappa shape index (κ3) is 4.44. The number of nitrogens with two attached hydrogens (primary N) is 1. The molecule has 2 heterocycles. The highest BCUT2D eigenvalue weighted by Crippen LogP contribution is 2.48. The molecule has 0 unspecified atom stereocenters. The standard InChI is InChI=1S/C25H26F2N4O2S/c1-14-6-5-7-16(10-14)31-24-21(23(29-31)25(2,3)4)22(17-9-8-15(26)11-18(17)27)34-13-20(33)30(24)12-19(28)32/h5-11,22H,12-13H2,1-4H3,(H2,28,32)/t22-/m1/s1. The molecule has 2 aromatic carbocycles. The summed E-state index contributed by atoms with van der Waals surface area (Å²) in [6.45, 7) is 7.53. The summed E-state index contributed by atoms with van der Waals surface area (Å²) in [5.41, 5.74) is 8.21. The van der Waals surface area contributed by atoms with Crippen LogP contribution in [0.3, 0.4) is 0 Å². The summed E-state index contributed by atoms with van der Waals surface area (Å²) >= 11 is 1.22. The van der Waals surface area contributed by atoms with Crippen molar-refractivity contribution in [2.75, 3.05) is 17.2 Å². The first-order chi connectivity index (χ1) is 16.0. The second-order valence-electron chi connectivity index (χ2n) is 9.39. The first kappa shape index (κ1) is 23.9. The van der Waals surface area contributed by atoms with Gasteiger partial charge >= 0.3 is 0 Å². The molecule has 0 bridgehead atoms. The van der Waals surface area contributed by atoms with E-state index in [1.165, 1.54) is 28.8 Å². The number of aryl methyl sites for hydroxylation is 1. The Labute approximate surface area is 201 Å². The summed E-state index contributed by atoms with van der Waals surface area (Å²) in [5, 5.41) is 4.24. The number of hydrogen-bond acceptors (Lipinski definition) is 4. The molecule has 3 aromatic rings. The lowest BCUT2D eigenvalue weighted by Crippen LogP contribution is -2.40. The molecular formula is C25H26F2N4O2S. The van der Waals surface area contributed by atoms with E-state index in [4.69, 9.17) is 10.8 Å². The van der Waals surface area contributed by atoms with Crippen LogP contribution in [0.15, 0.2) is 42.5 Å². The Kier molecular flexibility index (Phi) is 6.24. The number of carbonyl (C=O) groups excluding carboxylic acids is 2. The van der Waals surface area contributed by atoms with Gasteiger partial charge in [0.15, 0.2) is 0 Å². The average molecular weight is 485 g/mol. The third-order valence-electron chi connectivity index (χ3n) is 5.60. The van der Waals surface area contributed by atoms with Crippen LogP contribution in [0.25, 0.3) is 5.69 Å². The molecule has 2 N–H and O–H groups in total. The van der Waals surface area contributed by atoms with Crippen LogP contribution in [0.4, 0.5) is 14.6 Å². The molecule has 4 rings (SSSR count).